The third-order valence-corrected chi connectivity index (χ3v) is 7.32. The second-order valence-corrected chi connectivity index (χ2v) is 9.71. The number of hydrogen-bond acceptors (Lipinski definition) is 6. The number of nitrogens with one attached hydrogen (secondary N) is 2. The van der Waals surface area contributed by atoms with Crippen molar-refractivity contribution < 1.29 is 24.2 Å². The van der Waals surface area contributed by atoms with E-state index in [0.717, 1.165) is 24.9 Å². The van der Waals surface area contributed by atoms with Gasteiger partial charge < -0.3 is 25.4 Å². The second-order valence-electron chi connectivity index (χ2n) is 9.71. The van der Waals surface area contributed by atoms with E-state index in [1.807, 2.05) is 24.3 Å². The lowest BCUT2D eigenvalue weighted by Gasteiger charge is -2.51. The highest BCUT2D eigenvalue weighted by molar-refractivity contribution is 6.00. The Morgan fingerprint density at radius 1 is 1.08 bits per heavy atom. The first-order chi connectivity index (χ1) is 17.9. The Morgan fingerprint density at radius 3 is 2.24 bits per heavy atom. The number of likely N-dealkylation sites (tertiary alicyclic amines) is 1. The minimum Gasteiger partial charge on any atom is -0.457 e. The van der Waals surface area contributed by atoms with Crippen molar-refractivity contribution in [3.05, 3.63) is 59.7 Å². The molecule has 1 atom stereocenters. The lowest BCUT2D eigenvalue weighted by atomic mass is 9.81. The molecule has 2 aromatic carbocycles. The number of halogens is 1. The molecule has 2 heterocycles. The number of rotatable bonds is 9. The van der Waals surface area contributed by atoms with Crippen LogP contribution in [0.1, 0.15) is 48.5 Å². The van der Waals surface area contributed by atoms with Gasteiger partial charge in [0.15, 0.2) is 0 Å². The summed E-state index contributed by atoms with van der Waals surface area (Å²) in [5.41, 5.74) is 0.871. The van der Waals surface area contributed by atoms with E-state index in [1.165, 1.54) is 0 Å². The molecule has 3 amide bonds. The molecule has 0 bridgehead atoms. The van der Waals surface area contributed by atoms with E-state index in [-0.39, 0.29) is 36.7 Å². The molecule has 0 saturated carbocycles. The molecule has 0 unspecified atom stereocenters. The number of carbonyl (C=O) groups excluding carboxylic acids is 3. The van der Waals surface area contributed by atoms with Crippen LogP contribution in [0.3, 0.4) is 0 Å². The molecule has 2 fully saturated rings. The largest absolute Gasteiger partial charge is 0.457 e. The minimum absolute atomic E-state index is 0. The number of ether oxygens (including phenoxy) is 1. The molecule has 2 saturated heterocycles. The molecule has 2 aromatic rings. The molecule has 0 aliphatic carbocycles. The normalized spacial score (nSPS) is 19.0. The summed E-state index contributed by atoms with van der Waals surface area (Å²) in [6.45, 7) is 4.35. The van der Waals surface area contributed by atoms with Crippen LogP contribution in [-0.2, 0) is 16.1 Å². The predicted octanol–water partition coefficient (Wildman–Crippen LogP) is 2.71. The Morgan fingerprint density at radius 2 is 1.68 bits per heavy atom. The van der Waals surface area contributed by atoms with Crippen LogP contribution in [-0.4, -0.2) is 77.5 Å². The molecule has 38 heavy (non-hydrogen) atoms. The van der Waals surface area contributed by atoms with Gasteiger partial charge in [-0.05, 0) is 61.2 Å². The van der Waals surface area contributed by atoms with Crippen LogP contribution in [0.4, 0.5) is 0 Å². The topological polar surface area (TPSA) is 111 Å². The van der Waals surface area contributed by atoms with Crippen LogP contribution >= 0.6 is 12.4 Å². The number of piperazine rings is 1. The molecule has 2 aliphatic heterocycles. The summed E-state index contributed by atoms with van der Waals surface area (Å²) >= 11 is 0. The van der Waals surface area contributed by atoms with Crippen molar-refractivity contribution in [1.82, 2.24) is 20.4 Å². The summed E-state index contributed by atoms with van der Waals surface area (Å²) in [5, 5.41) is 14.9. The average Bonchev–Trinajstić information content (AvgIpc) is 2.93. The molecule has 10 heteroatoms. The maximum absolute atomic E-state index is 13.1. The Kier molecular flexibility index (Phi) is 10.1. The summed E-state index contributed by atoms with van der Waals surface area (Å²) in [6.07, 6.45) is 2.90. The van der Waals surface area contributed by atoms with Crippen molar-refractivity contribution in [2.45, 2.75) is 50.7 Å². The smallest absolute Gasteiger partial charge is 0.251 e. The summed E-state index contributed by atoms with van der Waals surface area (Å²) in [4.78, 5) is 41.8. The number of aliphatic hydroxyl groups excluding tert-OH is 1. The molecule has 3 N–H and O–H groups in total. The minimum atomic E-state index is -0.845. The number of amides is 3. The molecule has 2 aliphatic rings. The molecule has 1 spiro atoms. The van der Waals surface area contributed by atoms with Gasteiger partial charge in [-0.3, -0.25) is 19.3 Å². The van der Waals surface area contributed by atoms with E-state index >= 15 is 0 Å². The van der Waals surface area contributed by atoms with Gasteiger partial charge in [-0.15, -0.1) is 12.4 Å². The number of benzene rings is 2. The zero-order chi connectivity index (χ0) is 26.4. The van der Waals surface area contributed by atoms with E-state index in [1.54, 1.807) is 36.2 Å². The fraction of sp³-hybridized carbons (Fsp3) is 0.464. The average molecular weight is 545 g/mol. The van der Waals surface area contributed by atoms with Gasteiger partial charge in [0, 0.05) is 38.8 Å². The number of unbranched alkanes of at least 4 members (excludes halogenated alkanes) is 1. The maximum atomic E-state index is 13.1. The number of piperidine rings is 1. The highest BCUT2D eigenvalue weighted by Crippen LogP contribution is 2.34. The van der Waals surface area contributed by atoms with Gasteiger partial charge in [-0.2, -0.15) is 0 Å². The maximum Gasteiger partial charge on any atom is 0.251 e. The van der Waals surface area contributed by atoms with Crippen molar-refractivity contribution in [3.8, 4) is 11.5 Å². The van der Waals surface area contributed by atoms with Crippen molar-refractivity contribution in [2.24, 2.45) is 0 Å². The van der Waals surface area contributed by atoms with E-state index in [0.29, 0.717) is 49.5 Å². The van der Waals surface area contributed by atoms with Crippen LogP contribution in [0, 0.1) is 0 Å². The van der Waals surface area contributed by atoms with Gasteiger partial charge in [-0.1, -0.05) is 25.5 Å². The van der Waals surface area contributed by atoms with Crippen molar-refractivity contribution in [1.29, 1.82) is 0 Å². The van der Waals surface area contributed by atoms with Crippen LogP contribution in [0.25, 0.3) is 0 Å². The van der Waals surface area contributed by atoms with E-state index in [2.05, 4.69) is 22.5 Å². The van der Waals surface area contributed by atoms with Gasteiger partial charge in [-0.25, -0.2) is 0 Å². The fourth-order valence-electron chi connectivity index (χ4n) is 5.09. The summed E-state index contributed by atoms with van der Waals surface area (Å²) < 4.78 is 5.91. The molecular formula is C28H37ClN4O5. The summed E-state index contributed by atoms with van der Waals surface area (Å²) in [7, 11) is 1.60. The third-order valence-electron chi connectivity index (χ3n) is 7.32. The third kappa shape index (κ3) is 6.28. The van der Waals surface area contributed by atoms with Crippen LogP contribution in [0.5, 0.6) is 11.5 Å². The first-order valence-electron chi connectivity index (χ1n) is 12.9. The second kappa shape index (κ2) is 13.1. The number of aliphatic hydroxyl groups is 1. The number of hydrogen-bond donors (Lipinski definition) is 3. The van der Waals surface area contributed by atoms with Crippen LogP contribution < -0.4 is 15.4 Å². The standard InChI is InChI=1S/C28H36N4O5.ClH/c1-3-4-15-32-26(35)24(19-33)30-27(36)28(32)13-16-31(17-14-28)18-20-5-9-22(10-6-20)37-23-11-7-21(8-12-23)25(34)29-2;/h5-12,24,33H,3-4,13-19H2,1-2H3,(H,29,34)(H,30,36);1H/t24-;/m0./s1. The first-order valence-corrected chi connectivity index (χ1v) is 12.9. The quantitative estimate of drug-likeness (QED) is 0.448. The zero-order valence-corrected chi connectivity index (χ0v) is 22.8. The highest BCUT2D eigenvalue weighted by atomic mass is 35.5. The lowest BCUT2D eigenvalue weighted by molar-refractivity contribution is -0.162. The summed E-state index contributed by atoms with van der Waals surface area (Å²) in [6, 6.07) is 14.0. The fourth-order valence-corrected chi connectivity index (χ4v) is 5.09. The van der Waals surface area contributed by atoms with Crippen molar-refractivity contribution >= 4 is 30.1 Å². The molecule has 0 radical (unpaired) electrons. The van der Waals surface area contributed by atoms with Crippen LogP contribution in [0.15, 0.2) is 48.5 Å². The Bertz CT molecular complexity index is 1100. The summed E-state index contributed by atoms with van der Waals surface area (Å²) in [5.74, 6) is 0.891. The van der Waals surface area contributed by atoms with Gasteiger partial charge in [0.25, 0.3) is 5.91 Å². The SMILES string of the molecule is CCCCN1C(=O)[C@H](CO)NC(=O)C12CCN(Cc1ccc(Oc3ccc(C(=O)NC)cc3)cc1)CC2.Cl. The van der Waals surface area contributed by atoms with Crippen LogP contribution in [0.2, 0.25) is 0 Å². The number of carbonyl (C=O) groups is 3. The van der Waals surface area contributed by atoms with Gasteiger partial charge in [0.1, 0.15) is 23.1 Å². The predicted molar refractivity (Wildman–Crippen MR) is 146 cm³/mol. The molecule has 9 nitrogen and oxygen atoms in total. The van der Waals surface area contributed by atoms with Gasteiger partial charge in [0.05, 0.1) is 6.61 Å². The van der Waals surface area contributed by atoms with Gasteiger partial charge >= 0.3 is 0 Å². The number of nitrogens with zero attached hydrogens (tertiary/aromatic N) is 2. The van der Waals surface area contributed by atoms with Crippen molar-refractivity contribution in [2.75, 3.05) is 33.3 Å². The Balaban J connectivity index is 0.00000400. The molecular weight excluding hydrogens is 508 g/mol. The lowest BCUT2D eigenvalue weighted by Crippen LogP contribution is -2.73. The first kappa shape index (κ1) is 29.4. The molecule has 0 aromatic heterocycles. The van der Waals surface area contributed by atoms with E-state index in [9.17, 15) is 19.5 Å². The van der Waals surface area contributed by atoms with E-state index in [4.69, 9.17) is 4.74 Å². The Hall–Kier alpha value is -3.14. The molecule has 206 valence electrons. The zero-order valence-electron chi connectivity index (χ0n) is 21.9. The monoisotopic (exact) mass is 544 g/mol. The van der Waals surface area contributed by atoms with E-state index < -0.39 is 11.6 Å². The highest BCUT2D eigenvalue weighted by Gasteiger charge is 2.53. The Labute approximate surface area is 229 Å². The van der Waals surface area contributed by atoms with Gasteiger partial charge in [0.2, 0.25) is 11.8 Å². The van der Waals surface area contributed by atoms with Crippen molar-refractivity contribution in [3.63, 3.8) is 0 Å². The molecule has 4 rings (SSSR count).